The highest BCUT2D eigenvalue weighted by molar-refractivity contribution is 9.10. The summed E-state index contributed by atoms with van der Waals surface area (Å²) in [4.78, 5) is 23.8. The third-order valence-corrected chi connectivity index (χ3v) is 3.83. The Morgan fingerprint density at radius 1 is 1.12 bits per heavy atom. The van der Waals surface area contributed by atoms with E-state index in [9.17, 15) is 18.4 Å². The van der Waals surface area contributed by atoms with Crippen LogP contribution >= 0.6 is 15.9 Å². The van der Waals surface area contributed by atoms with Crippen molar-refractivity contribution in [3.05, 3.63) is 69.7 Å². The highest BCUT2D eigenvalue weighted by Gasteiger charge is 2.20. The number of carbonyl (C=O) groups is 2. The van der Waals surface area contributed by atoms with E-state index >= 15 is 0 Å². The molecule has 1 amide bonds. The Bertz CT molecular complexity index is 730. The minimum Gasteiger partial charge on any atom is -0.469 e. The van der Waals surface area contributed by atoms with Gasteiger partial charge < -0.3 is 10.1 Å². The largest absolute Gasteiger partial charge is 0.469 e. The predicted octanol–water partition coefficient (Wildman–Crippen LogP) is 3.76. The lowest BCUT2D eigenvalue weighted by Gasteiger charge is -2.18. The van der Waals surface area contributed by atoms with Crippen molar-refractivity contribution in [2.24, 2.45) is 0 Å². The van der Waals surface area contributed by atoms with E-state index in [1.54, 1.807) is 24.3 Å². The molecule has 0 heterocycles. The number of hydrogen-bond donors (Lipinski definition) is 1. The average molecular weight is 398 g/mol. The molecule has 2 aromatic rings. The highest BCUT2D eigenvalue weighted by atomic mass is 79.9. The molecule has 0 spiro atoms. The van der Waals surface area contributed by atoms with Crippen LogP contribution in [0.25, 0.3) is 0 Å². The molecular formula is C17H14BrF2NO3. The van der Waals surface area contributed by atoms with Gasteiger partial charge in [-0.1, -0.05) is 28.1 Å². The minimum atomic E-state index is -0.853. The van der Waals surface area contributed by atoms with Crippen molar-refractivity contribution in [2.45, 2.75) is 12.5 Å². The first-order valence-corrected chi connectivity index (χ1v) is 7.77. The van der Waals surface area contributed by atoms with Gasteiger partial charge in [0.15, 0.2) is 0 Å². The summed E-state index contributed by atoms with van der Waals surface area (Å²) in [6.07, 6.45) is -0.109. The number of rotatable bonds is 5. The van der Waals surface area contributed by atoms with Gasteiger partial charge in [-0.3, -0.25) is 9.59 Å². The quantitative estimate of drug-likeness (QED) is 0.781. The van der Waals surface area contributed by atoms with E-state index in [0.717, 1.165) is 16.6 Å². The van der Waals surface area contributed by atoms with Crippen molar-refractivity contribution in [3.8, 4) is 0 Å². The molecule has 126 valence electrons. The maximum atomic E-state index is 13.3. The molecule has 0 saturated heterocycles. The number of carbonyl (C=O) groups excluding carboxylic acids is 2. The molecule has 1 atom stereocenters. The fourth-order valence-corrected chi connectivity index (χ4v) is 2.39. The molecule has 1 N–H and O–H groups in total. The van der Waals surface area contributed by atoms with Crippen molar-refractivity contribution >= 4 is 27.8 Å². The lowest BCUT2D eigenvalue weighted by Crippen LogP contribution is -2.30. The van der Waals surface area contributed by atoms with Crippen LogP contribution in [-0.2, 0) is 9.53 Å². The monoisotopic (exact) mass is 397 g/mol. The van der Waals surface area contributed by atoms with Crippen molar-refractivity contribution in [2.75, 3.05) is 7.11 Å². The summed E-state index contributed by atoms with van der Waals surface area (Å²) in [7, 11) is 1.24. The van der Waals surface area contributed by atoms with E-state index < -0.39 is 29.6 Å². The van der Waals surface area contributed by atoms with E-state index in [2.05, 4.69) is 26.0 Å². The molecule has 24 heavy (non-hydrogen) atoms. The normalized spacial score (nSPS) is 11.7. The molecule has 7 heteroatoms. The van der Waals surface area contributed by atoms with Crippen LogP contribution in [0.15, 0.2) is 46.9 Å². The SMILES string of the molecule is COC(=O)CC(NC(=O)c1cc(F)cc(F)c1)c1ccc(Br)cc1. The van der Waals surface area contributed by atoms with Crippen LogP contribution in [0.1, 0.15) is 28.4 Å². The van der Waals surface area contributed by atoms with Gasteiger partial charge in [-0.05, 0) is 29.8 Å². The standard InChI is InChI=1S/C17H14BrF2NO3/c1-24-16(22)9-15(10-2-4-12(18)5-3-10)21-17(23)11-6-13(19)8-14(20)7-11/h2-8,15H,9H2,1H3,(H,21,23). The molecule has 0 aliphatic heterocycles. The number of halogens is 3. The van der Waals surface area contributed by atoms with Gasteiger partial charge in [-0.2, -0.15) is 0 Å². The Kier molecular flexibility index (Phi) is 6.03. The third kappa shape index (κ3) is 4.86. The van der Waals surface area contributed by atoms with Crippen molar-refractivity contribution < 1.29 is 23.1 Å². The third-order valence-electron chi connectivity index (χ3n) is 3.30. The maximum Gasteiger partial charge on any atom is 0.307 e. The summed E-state index contributed by atoms with van der Waals surface area (Å²) in [6.45, 7) is 0. The van der Waals surface area contributed by atoms with E-state index in [0.29, 0.717) is 11.6 Å². The van der Waals surface area contributed by atoms with E-state index in [-0.39, 0.29) is 12.0 Å². The molecule has 0 aromatic heterocycles. The van der Waals surface area contributed by atoms with Crippen LogP contribution in [0.3, 0.4) is 0 Å². The number of hydrogen-bond acceptors (Lipinski definition) is 3. The zero-order chi connectivity index (χ0) is 17.7. The Balaban J connectivity index is 2.25. The van der Waals surface area contributed by atoms with Gasteiger partial charge in [0.05, 0.1) is 19.6 Å². The smallest absolute Gasteiger partial charge is 0.307 e. The predicted molar refractivity (Wildman–Crippen MR) is 87.3 cm³/mol. The van der Waals surface area contributed by atoms with Crippen LogP contribution in [0, 0.1) is 11.6 Å². The molecule has 0 radical (unpaired) electrons. The van der Waals surface area contributed by atoms with Gasteiger partial charge >= 0.3 is 5.97 Å². The summed E-state index contributed by atoms with van der Waals surface area (Å²) in [5.74, 6) is -2.92. The number of ether oxygens (including phenoxy) is 1. The first-order chi connectivity index (χ1) is 11.4. The summed E-state index contributed by atoms with van der Waals surface area (Å²) in [5, 5.41) is 2.60. The van der Waals surface area contributed by atoms with E-state index in [1.807, 2.05) is 0 Å². The molecule has 4 nitrogen and oxygen atoms in total. The number of benzene rings is 2. The topological polar surface area (TPSA) is 55.4 Å². The van der Waals surface area contributed by atoms with Gasteiger partial charge in [-0.25, -0.2) is 8.78 Å². The minimum absolute atomic E-state index is 0.109. The Labute approximate surface area is 145 Å². The van der Waals surface area contributed by atoms with Crippen LogP contribution in [0.4, 0.5) is 8.78 Å². The second kappa shape index (κ2) is 8.01. The van der Waals surface area contributed by atoms with Crippen LogP contribution in [-0.4, -0.2) is 19.0 Å². The second-order valence-electron chi connectivity index (χ2n) is 5.02. The zero-order valence-corrected chi connectivity index (χ0v) is 14.3. The molecule has 0 fully saturated rings. The van der Waals surface area contributed by atoms with Crippen molar-refractivity contribution in [3.63, 3.8) is 0 Å². The van der Waals surface area contributed by atoms with E-state index in [1.165, 1.54) is 7.11 Å². The summed E-state index contributed by atoms with van der Waals surface area (Å²) < 4.78 is 32.0. The Morgan fingerprint density at radius 2 is 1.71 bits per heavy atom. The van der Waals surface area contributed by atoms with Crippen LogP contribution < -0.4 is 5.32 Å². The molecular weight excluding hydrogens is 384 g/mol. The lowest BCUT2D eigenvalue weighted by molar-refractivity contribution is -0.141. The molecule has 1 unspecified atom stereocenters. The van der Waals surface area contributed by atoms with Crippen LogP contribution in [0.2, 0.25) is 0 Å². The Morgan fingerprint density at radius 3 is 2.25 bits per heavy atom. The summed E-state index contributed by atoms with van der Waals surface area (Å²) in [6, 6.07) is 8.81. The molecule has 0 bridgehead atoms. The summed E-state index contributed by atoms with van der Waals surface area (Å²) in [5.41, 5.74) is 0.494. The second-order valence-corrected chi connectivity index (χ2v) is 5.93. The molecule has 0 aliphatic carbocycles. The van der Waals surface area contributed by atoms with Gasteiger partial charge in [-0.15, -0.1) is 0 Å². The van der Waals surface area contributed by atoms with Gasteiger partial charge in [0.2, 0.25) is 0 Å². The highest BCUT2D eigenvalue weighted by Crippen LogP contribution is 2.21. The maximum absolute atomic E-state index is 13.3. The van der Waals surface area contributed by atoms with E-state index in [4.69, 9.17) is 0 Å². The summed E-state index contributed by atoms with van der Waals surface area (Å²) >= 11 is 3.30. The number of esters is 1. The number of methoxy groups -OCH3 is 1. The first-order valence-electron chi connectivity index (χ1n) is 6.98. The molecule has 0 saturated carbocycles. The lowest BCUT2D eigenvalue weighted by atomic mass is 10.0. The number of nitrogens with one attached hydrogen (secondary N) is 1. The van der Waals surface area contributed by atoms with Gasteiger partial charge in [0.25, 0.3) is 5.91 Å². The average Bonchev–Trinajstić information content (AvgIpc) is 2.53. The number of amides is 1. The van der Waals surface area contributed by atoms with Gasteiger partial charge in [0.1, 0.15) is 11.6 Å². The molecule has 0 aliphatic rings. The Hall–Kier alpha value is -2.28. The first kappa shape index (κ1) is 18.1. The zero-order valence-electron chi connectivity index (χ0n) is 12.7. The molecule has 2 rings (SSSR count). The van der Waals surface area contributed by atoms with Crippen LogP contribution in [0.5, 0.6) is 0 Å². The van der Waals surface area contributed by atoms with Gasteiger partial charge in [0, 0.05) is 16.1 Å². The van der Waals surface area contributed by atoms with Crippen molar-refractivity contribution in [1.82, 2.24) is 5.32 Å². The fraction of sp³-hybridized carbons (Fsp3) is 0.176. The molecule has 2 aromatic carbocycles. The van der Waals surface area contributed by atoms with Crippen molar-refractivity contribution in [1.29, 1.82) is 0 Å². The fourth-order valence-electron chi connectivity index (χ4n) is 2.12.